The molecule has 3 nitrogen and oxygen atoms in total. The molecule has 0 amide bonds. The first-order valence-corrected chi connectivity index (χ1v) is 8.86. The summed E-state index contributed by atoms with van der Waals surface area (Å²) in [5.74, 6) is 1.52. The topological polar surface area (TPSA) is 15.7 Å². The molecule has 128 valence electrons. The lowest BCUT2D eigenvalue weighted by atomic mass is 10.0. The molecule has 2 aromatic rings. The summed E-state index contributed by atoms with van der Waals surface area (Å²) in [5.41, 5.74) is 4.12. The number of hydrogen-bond donors (Lipinski definition) is 0. The van der Waals surface area contributed by atoms with Crippen LogP contribution in [0, 0.1) is 0 Å². The first-order valence-electron chi connectivity index (χ1n) is 8.86. The zero-order chi connectivity index (χ0) is 16.9. The SMILES string of the molecule is COc1ccc(N2CCN(Cc3ccc(C(C)C)cc3)CC2)cc1. The van der Waals surface area contributed by atoms with Crippen LogP contribution in [0.1, 0.15) is 30.9 Å². The summed E-state index contributed by atoms with van der Waals surface area (Å²) >= 11 is 0. The number of rotatable bonds is 5. The number of benzene rings is 2. The van der Waals surface area contributed by atoms with E-state index in [2.05, 4.69) is 60.0 Å². The summed E-state index contributed by atoms with van der Waals surface area (Å²) in [6, 6.07) is 17.5. The number of piperazine rings is 1. The van der Waals surface area contributed by atoms with E-state index in [0.29, 0.717) is 5.92 Å². The molecule has 0 N–H and O–H groups in total. The zero-order valence-corrected chi connectivity index (χ0v) is 15.0. The van der Waals surface area contributed by atoms with Crippen molar-refractivity contribution in [1.29, 1.82) is 0 Å². The molecule has 0 spiro atoms. The normalized spacial score (nSPS) is 15.8. The molecule has 3 rings (SSSR count). The fourth-order valence-corrected chi connectivity index (χ4v) is 3.22. The Morgan fingerprint density at radius 2 is 1.50 bits per heavy atom. The molecule has 0 saturated carbocycles. The van der Waals surface area contributed by atoms with Crippen LogP contribution in [-0.2, 0) is 6.54 Å². The van der Waals surface area contributed by atoms with E-state index in [0.717, 1.165) is 38.5 Å². The Bertz CT molecular complexity index is 626. The van der Waals surface area contributed by atoms with Crippen LogP contribution in [-0.4, -0.2) is 38.2 Å². The van der Waals surface area contributed by atoms with Crippen molar-refractivity contribution in [3.8, 4) is 5.75 Å². The molecule has 24 heavy (non-hydrogen) atoms. The Morgan fingerprint density at radius 3 is 2.04 bits per heavy atom. The van der Waals surface area contributed by atoms with Crippen molar-refractivity contribution in [2.24, 2.45) is 0 Å². The molecule has 1 fully saturated rings. The van der Waals surface area contributed by atoms with Crippen LogP contribution >= 0.6 is 0 Å². The Morgan fingerprint density at radius 1 is 0.875 bits per heavy atom. The van der Waals surface area contributed by atoms with Crippen LogP contribution < -0.4 is 9.64 Å². The number of hydrogen-bond acceptors (Lipinski definition) is 3. The average Bonchev–Trinajstić information content (AvgIpc) is 2.63. The minimum Gasteiger partial charge on any atom is -0.497 e. The summed E-state index contributed by atoms with van der Waals surface area (Å²) in [5, 5.41) is 0. The second kappa shape index (κ2) is 7.71. The van der Waals surface area contributed by atoms with Gasteiger partial charge in [-0.05, 0) is 41.3 Å². The highest BCUT2D eigenvalue weighted by atomic mass is 16.5. The van der Waals surface area contributed by atoms with Gasteiger partial charge in [-0.3, -0.25) is 4.90 Å². The van der Waals surface area contributed by atoms with Gasteiger partial charge in [0.25, 0.3) is 0 Å². The third-order valence-electron chi connectivity index (χ3n) is 4.86. The zero-order valence-electron chi connectivity index (χ0n) is 15.0. The largest absolute Gasteiger partial charge is 0.497 e. The summed E-state index contributed by atoms with van der Waals surface area (Å²) in [6.07, 6.45) is 0. The molecule has 1 aliphatic heterocycles. The molecule has 1 aliphatic rings. The van der Waals surface area contributed by atoms with E-state index in [1.165, 1.54) is 16.8 Å². The number of methoxy groups -OCH3 is 1. The van der Waals surface area contributed by atoms with Crippen molar-refractivity contribution in [2.75, 3.05) is 38.2 Å². The number of anilines is 1. The monoisotopic (exact) mass is 324 g/mol. The Balaban J connectivity index is 1.52. The van der Waals surface area contributed by atoms with Crippen molar-refractivity contribution < 1.29 is 4.74 Å². The third kappa shape index (κ3) is 4.09. The Hall–Kier alpha value is -2.00. The first-order chi connectivity index (χ1) is 11.7. The maximum atomic E-state index is 5.24. The maximum absolute atomic E-state index is 5.24. The maximum Gasteiger partial charge on any atom is 0.119 e. The smallest absolute Gasteiger partial charge is 0.119 e. The Labute approximate surface area is 145 Å². The molecule has 1 heterocycles. The third-order valence-corrected chi connectivity index (χ3v) is 4.86. The predicted octanol–water partition coefficient (Wildman–Crippen LogP) is 4.14. The van der Waals surface area contributed by atoms with Crippen molar-refractivity contribution in [3.05, 3.63) is 59.7 Å². The molecule has 0 radical (unpaired) electrons. The van der Waals surface area contributed by atoms with Gasteiger partial charge in [0, 0.05) is 38.4 Å². The van der Waals surface area contributed by atoms with Crippen LogP contribution in [0.25, 0.3) is 0 Å². The molecule has 1 saturated heterocycles. The molecule has 0 bridgehead atoms. The van der Waals surface area contributed by atoms with Gasteiger partial charge in [-0.15, -0.1) is 0 Å². The highest BCUT2D eigenvalue weighted by Crippen LogP contribution is 2.21. The van der Waals surface area contributed by atoms with Crippen molar-refractivity contribution in [1.82, 2.24) is 4.90 Å². The lowest BCUT2D eigenvalue weighted by molar-refractivity contribution is 0.250. The molecule has 0 unspecified atom stereocenters. The highest BCUT2D eigenvalue weighted by molar-refractivity contribution is 5.49. The summed E-state index contributed by atoms with van der Waals surface area (Å²) < 4.78 is 5.24. The van der Waals surface area contributed by atoms with Crippen LogP contribution in [0.3, 0.4) is 0 Å². The quantitative estimate of drug-likeness (QED) is 0.822. The lowest BCUT2D eigenvalue weighted by Crippen LogP contribution is -2.45. The van der Waals surface area contributed by atoms with Crippen LogP contribution in [0.15, 0.2) is 48.5 Å². The second-order valence-electron chi connectivity index (χ2n) is 6.86. The Kier molecular flexibility index (Phi) is 5.41. The van der Waals surface area contributed by atoms with Crippen molar-refractivity contribution >= 4 is 5.69 Å². The lowest BCUT2D eigenvalue weighted by Gasteiger charge is -2.36. The molecule has 0 atom stereocenters. The fourth-order valence-electron chi connectivity index (χ4n) is 3.22. The van der Waals surface area contributed by atoms with E-state index >= 15 is 0 Å². The van der Waals surface area contributed by atoms with E-state index in [-0.39, 0.29) is 0 Å². The summed E-state index contributed by atoms with van der Waals surface area (Å²) in [4.78, 5) is 5.00. The molecule has 3 heteroatoms. The van der Waals surface area contributed by atoms with Crippen LogP contribution in [0.2, 0.25) is 0 Å². The van der Waals surface area contributed by atoms with Gasteiger partial charge in [-0.2, -0.15) is 0 Å². The van der Waals surface area contributed by atoms with E-state index in [9.17, 15) is 0 Å². The number of ether oxygens (including phenoxy) is 1. The van der Waals surface area contributed by atoms with E-state index in [1.54, 1.807) is 7.11 Å². The molecular formula is C21H28N2O. The minimum atomic E-state index is 0.604. The van der Waals surface area contributed by atoms with Crippen LogP contribution in [0.5, 0.6) is 5.75 Å². The summed E-state index contributed by atoms with van der Waals surface area (Å²) in [6.45, 7) is 9.92. The van der Waals surface area contributed by atoms with Gasteiger partial charge in [-0.1, -0.05) is 38.1 Å². The first kappa shape index (κ1) is 16.8. The van der Waals surface area contributed by atoms with Crippen molar-refractivity contribution in [2.45, 2.75) is 26.3 Å². The standard InChI is InChI=1S/C21H28N2O/c1-17(2)19-6-4-18(5-7-19)16-22-12-14-23(15-13-22)20-8-10-21(24-3)11-9-20/h4-11,17H,12-16H2,1-3H3. The van der Waals surface area contributed by atoms with Gasteiger partial charge < -0.3 is 9.64 Å². The van der Waals surface area contributed by atoms with Crippen LogP contribution in [0.4, 0.5) is 5.69 Å². The van der Waals surface area contributed by atoms with Crippen molar-refractivity contribution in [3.63, 3.8) is 0 Å². The highest BCUT2D eigenvalue weighted by Gasteiger charge is 2.17. The second-order valence-corrected chi connectivity index (χ2v) is 6.86. The number of nitrogens with zero attached hydrogens (tertiary/aromatic N) is 2. The molecule has 0 aromatic heterocycles. The van der Waals surface area contributed by atoms with Gasteiger partial charge in [0.1, 0.15) is 5.75 Å². The predicted molar refractivity (Wildman–Crippen MR) is 101 cm³/mol. The minimum absolute atomic E-state index is 0.604. The molecule has 0 aliphatic carbocycles. The van der Waals surface area contributed by atoms with Gasteiger partial charge in [0.05, 0.1) is 7.11 Å². The fraction of sp³-hybridized carbons (Fsp3) is 0.429. The van der Waals surface area contributed by atoms with E-state index in [1.807, 2.05) is 12.1 Å². The van der Waals surface area contributed by atoms with Gasteiger partial charge in [0.15, 0.2) is 0 Å². The van der Waals surface area contributed by atoms with E-state index in [4.69, 9.17) is 4.74 Å². The van der Waals surface area contributed by atoms with E-state index < -0.39 is 0 Å². The average molecular weight is 324 g/mol. The van der Waals surface area contributed by atoms with Gasteiger partial charge in [0.2, 0.25) is 0 Å². The van der Waals surface area contributed by atoms with Gasteiger partial charge >= 0.3 is 0 Å². The molecular weight excluding hydrogens is 296 g/mol. The summed E-state index contributed by atoms with van der Waals surface area (Å²) in [7, 11) is 1.71. The van der Waals surface area contributed by atoms with Gasteiger partial charge in [-0.25, -0.2) is 0 Å². The molecule has 2 aromatic carbocycles.